The Labute approximate surface area is 120 Å². The van der Waals surface area contributed by atoms with E-state index in [1.807, 2.05) is 0 Å². The Morgan fingerprint density at radius 3 is 2.61 bits per heavy atom. The van der Waals surface area contributed by atoms with E-state index in [1.165, 1.54) is 18.2 Å². The zero-order valence-corrected chi connectivity index (χ0v) is 12.5. The predicted molar refractivity (Wildman–Crippen MR) is 75.2 cm³/mol. The number of carbonyl (C=O) groups excluding carboxylic acids is 1. The molecule has 1 N–H and O–H groups in total. The number of amides is 1. The number of nitrogens with zero attached hydrogens (tertiary/aromatic N) is 1. The van der Waals surface area contributed by atoms with Gasteiger partial charge in [0.15, 0.2) is 0 Å². The van der Waals surface area contributed by atoms with Crippen LogP contribution in [0.1, 0.15) is 10.5 Å². The molecule has 0 spiro atoms. The summed E-state index contributed by atoms with van der Waals surface area (Å²) in [7, 11) is 1.78. The highest BCUT2D eigenvalue weighted by Gasteiger charge is 2.12. The summed E-state index contributed by atoms with van der Waals surface area (Å²) in [6, 6.07) is 5.82. The molecule has 2 aromatic rings. The number of aromatic nitrogens is 1. The van der Waals surface area contributed by atoms with E-state index in [0.717, 1.165) is 4.47 Å². The average Bonchev–Trinajstić information content (AvgIpc) is 2.62. The number of aryl methyl sites for hydroxylation is 1. The van der Waals surface area contributed by atoms with E-state index in [0.29, 0.717) is 15.9 Å². The van der Waals surface area contributed by atoms with Crippen molar-refractivity contribution in [2.75, 3.05) is 5.32 Å². The van der Waals surface area contributed by atoms with Crippen molar-refractivity contribution in [3.05, 3.63) is 50.9 Å². The summed E-state index contributed by atoms with van der Waals surface area (Å²) < 4.78 is 16.0. The number of benzene rings is 1. The van der Waals surface area contributed by atoms with E-state index in [2.05, 4.69) is 37.2 Å². The van der Waals surface area contributed by atoms with Crippen LogP contribution in [0.15, 0.2) is 39.4 Å². The van der Waals surface area contributed by atoms with Crippen molar-refractivity contribution in [2.24, 2.45) is 7.05 Å². The van der Waals surface area contributed by atoms with Gasteiger partial charge in [-0.1, -0.05) is 0 Å². The lowest BCUT2D eigenvalue weighted by Crippen LogP contribution is -2.15. The fraction of sp³-hybridized carbons (Fsp3) is 0.0833. The Bertz CT molecular complexity index is 610. The maximum atomic E-state index is 12.9. The van der Waals surface area contributed by atoms with E-state index >= 15 is 0 Å². The van der Waals surface area contributed by atoms with Gasteiger partial charge >= 0.3 is 0 Å². The summed E-state index contributed by atoms with van der Waals surface area (Å²) in [6.07, 6.45) is 1.79. The van der Waals surface area contributed by atoms with Crippen LogP contribution in [0.3, 0.4) is 0 Å². The third-order valence-electron chi connectivity index (χ3n) is 2.38. The van der Waals surface area contributed by atoms with Crippen LogP contribution < -0.4 is 5.32 Å². The monoisotopic (exact) mass is 374 g/mol. The molecule has 0 aliphatic heterocycles. The number of carbonyl (C=O) groups is 1. The molecule has 0 saturated carbocycles. The summed E-state index contributed by atoms with van der Waals surface area (Å²) >= 11 is 6.50. The van der Waals surface area contributed by atoms with E-state index in [-0.39, 0.29) is 11.7 Å². The number of rotatable bonds is 2. The summed E-state index contributed by atoms with van der Waals surface area (Å²) in [5.41, 5.74) is 1.04. The fourth-order valence-corrected chi connectivity index (χ4v) is 2.50. The molecule has 6 heteroatoms. The van der Waals surface area contributed by atoms with Crippen LogP contribution in [0.25, 0.3) is 0 Å². The van der Waals surface area contributed by atoms with Gasteiger partial charge in [-0.05, 0) is 56.1 Å². The summed E-state index contributed by atoms with van der Waals surface area (Å²) in [4.78, 5) is 12.0. The van der Waals surface area contributed by atoms with Crippen molar-refractivity contribution >= 4 is 43.5 Å². The third-order valence-corrected chi connectivity index (χ3v) is 3.47. The van der Waals surface area contributed by atoms with Gasteiger partial charge in [-0.15, -0.1) is 0 Å². The van der Waals surface area contributed by atoms with Crippen LogP contribution in [0.4, 0.5) is 10.1 Å². The second-order valence-electron chi connectivity index (χ2n) is 3.73. The molecule has 2 rings (SSSR count). The lowest BCUT2D eigenvalue weighted by Gasteiger charge is -2.07. The van der Waals surface area contributed by atoms with Gasteiger partial charge in [0.25, 0.3) is 5.91 Å². The average molecular weight is 376 g/mol. The second-order valence-corrected chi connectivity index (χ2v) is 5.50. The first-order valence-corrected chi connectivity index (χ1v) is 6.64. The smallest absolute Gasteiger partial charge is 0.272 e. The van der Waals surface area contributed by atoms with Crippen LogP contribution in [0.2, 0.25) is 0 Å². The number of nitrogens with one attached hydrogen (secondary N) is 1. The molecule has 3 nitrogen and oxygen atoms in total. The van der Waals surface area contributed by atoms with Crippen molar-refractivity contribution in [2.45, 2.75) is 0 Å². The lowest BCUT2D eigenvalue weighted by atomic mass is 10.3. The van der Waals surface area contributed by atoms with Crippen molar-refractivity contribution in [1.82, 2.24) is 4.57 Å². The number of hydrogen-bond donors (Lipinski definition) is 1. The largest absolute Gasteiger partial charge is 0.345 e. The highest BCUT2D eigenvalue weighted by molar-refractivity contribution is 9.10. The molecule has 1 aromatic heterocycles. The van der Waals surface area contributed by atoms with Crippen molar-refractivity contribution < 1.29 is 9.18 Å². The quantitative estimate of drug-likeness (QED) is 0.847. The molecular formula is C12H9Br2FN2O. The number of hydrogen-bond acceptors (Lipinski definition) is 1. The van der Waals surface area contributed by atoms with Gasteiger partial charge in [0.1, 0.15) is 11.5 Å². The summed E-state index contributed by atoms with van der Waals surface area (Å²) in [5, 5.41) is 2.71. The molecule has 0 unspecified atom stereocenters. The van der Waals surface area contributed by atoms with Crippen molar-refractivity contribution in [3.8, 4) is 0 Å². The minimum atomic E-state index is -0.360. The molecule has 0 radical (unpaired) electrons. The van der Waals surface area contributed by atoms with Crippen LogP contribution in [0.5, 0.6) is 0 Å². The minimum Gasteiger partial charge on any atom is -0.345 e. The Morgan fingerprint density at radius 2 is 2.06 bits per heavy atom. The maximum absolute atomic E-state index is 12.9. The molecule has 0 aliphatic carbocycles. The van der Waals surface area contributed by atoms with Crippen molar-refractivity contribution in [1.29, 1.82) is 0 Å². The molecule has 94 valence electrons. The number of anilines is 1. The van der Waals surface area contributed by atoms with Gasteiger partial charge in [0.05, 0.1) is 5.69 Å². The number of halogens is 3. The Hall–Kier alpha value is -1.14. The maximum Gasteiger partial charge on any atom is 0.272 e. The molecule has 0 fully saturated rings. The van der Waals surface area contributed by atoms with E-state index in [1.54, 1.807) is 23.9 Å². The molecule has 1 aromatic carbocycles. The zero-order chi connectivity index (χ0) is 13.3. The highest BCUT2D eigenvalue weighted by atomic mass is 79.9. The van der Waals surface area contributed by atoms with Crippen molar-refractivity contribution in [3.63, 3.8) is 0 Å². The molecular weight excluding hydrogens is 367 g/mol. The van der Waals surface area contributed by atoms with Gasteiger partial charge in [0.2, 0.25) is 0 Å². The molecule has 0 saturated heterocycles. The molecule has 1 amide bonds. The topological polar surface area (TPSA) is 34.0 Å². The highest BCUT2D eigenvalue weighted by Crippen LogP contribution is 2.24. The van der Waals surface area contributed by atoms with Gasteiger partial charge in [-0.2, -0.15) is 0 Å². The second kappa shape index (κ2) is 5.24. The normalized spacial score (nSPS) is 10.4. The fourth-order valence-electron chi connectivity index (χ4n) is 1.53. The van der Waals surface area contributed by atoms with Gasteiger partial charge in [-0.25, -0.2) is 4.39 Å². The summed E-state index contributed by atoms with van der Waals surface area (Å²) in [6.45, 7) is 0. The Morgan fingerprint density at radius 1 is 1.33 bits per heavy atom. The molecule has 0 aliphatic rings. The standard InChI is InChI=1S/C12H9Br2FN2O/c1-17-6-7(13)4-11(17)12(18)16-10-3-2-8(15)5-9(10)14/h2-6H,1H3,(H,16,18). The zero-order valence-electron chi connectivity index (χ0n) is 9.38. The molecule has 0 bridgehead atoms. The minimum absolute atomic E-state index is 0.254. The van der Waals surface area contributed by atoms with E-state index in [4.69, 9.17) is 0 Å². The predicted octanol–water partition coefficient (Wildman–Crippen LogP) is 3.94. The third kappa shape index (κ3) is 2.81. The summed E-state index contributed by atoms with van der Waals surface area (Å²) in [5.74, 6) is -0.614. The van der Waals surface area contributed by atoms with E-state index in [9.17, 15) is 9.18 Å². The van der Waals surface area contributed by atoms with E-state index < -0.39 is 0 Å². The van der Waals surface area contributed by atoms with Gasteiger partial charge in [0, 0.05) is 22.2 Å². The molecule has 1 heterocycles. The lowest BCUT2D eigenvalue weighted by molar-refractivity contribution is 0.101. The molecule has 0 atom stereocenters. The van der Waals surface area contributed by atoms with Crippen LogP contribution in [-0.4, -0.2) is 10.5 Å². The molecule has 18 heavy (non-hydrogen) atoms. The Kier molecular flexibility index (Phi) is 3.87. The van der Waals surface area contributed by atoms with Crippen LogP contribution >= 0.6 is 31.9 Å². The van der Waals surface area contributed by atoms with Gasteiger partial charge in [-0.3, -0.25) is 4.79 Å². The Balaban J connectivity index is 2.24. The first kappa shape index (κ1) is 13.3. The SMILES string of the molecule is Cn1cc(Br)cc1C(=O)Nc1ccc(F)cc1Br. The van der Waals surface area contributed by atoms with Gasteiger partial charge < -0.3 is 9.88 Å². The first-order chi connectivity index (χ1) is 8.47. The van der Waals surface area contributed by atoms with Crippen LogP contribution in [0, 0.1) is 5.82 Å². The first-order valence-electron chi connectivity index (χ1n) is 5.05. The van der Waals surface area contributed by atoms with Crippen LogP contribution in [-0.2, 0) is 7.05 Å².